The summed E-state index contributed by atoms with van der Waals surface area (Å²) in [5.74, 6) is -0.793. The Bertz CT molecular complexity index is 1040. The Hall–Kier alpha value is -1.56. The number of carbonyl (C=O) groups excluding carboxylic acids is 2. The highest BCUT2D eigenvalue weighted by atomic mass is 16.7. The highest BCUT2D eigenvalue weighted by Crippen LogP contribution is 2.23. The summed E-state index contributed by atoms with van der Waals surface area (Å²) in [6, 6.07) is 0. The molecule has 0 radical (unpaired) electrons. The maximum absolute atomic E-state index is 12.8. The van der Waals surface area contributed by atoms with Gasteiger partial charge in [0.1, 0.15) is 31.0 Å². The van der Waals surface area contributed by atoms with Crippen molar-refractivity contribution in [1.29, 1.82) is 0 Å². The Morgan fingerprint density at radius 2 is 0.857 bits per heavy atom. The summed E-state index contributed by atoms with van der Waals surface area (Å²) in [6.07, 6.45) is 42.3. The van der Waals surface area contributed by atoms with Gasteiger partial charge < -0.3 is 39.4 Å². The molecule has 10 heteroatoms. The van der Waals surface area contributed by atoms with E-state index in [4.69, 9.17) is 18.9 Å². The Balaban J connectivity index is 2.21. The SMILES string of the molecule is CCCC/C=C/CCCCCCCCCCCC(=O)OC[C@H](CO[C@@H]1O[C@H](CO)[C@H](O)C(O)C1O)OC(=O)CCCCCCCCCCCCCCCCCCCCCCCCC. The van der Waals surface area contributed by atoms with E-state index >= 15 is 0 Å². The minimum Gasteiger partial charge on any atom is -0.462 e. The van der Waals surface area contributed by atoms with Crippen molar-refractivity contribution in [2.75, 3.05) is 19.8 Å². The van der Waals surface area contributed by atoms with Crippen LogP contribution in [0.1, 0.15) is 258 Å². The van der Waals surface area contributed by atoms with Crippen LogP contribution in [0.25, 0.3) is 0 Å². The zero-order chi connectivity index (χ0) is 45.9. The van der Waals surface area contributed by atoms with Gasteiger partial charge in [0.05, 0.1) is 13.2 Å². The van der Waals surface area contributed by atoms with Gasteiger partial charge in [0.25, 0.3) is 0 Å². The average molecular weight is 897 g/mol. The van der Waals surface area contributed by atoms with Crippen molar-refractivity contribution in [3.05, 3.63) is 12.2 Å². The minimum absolute atomic E-state index is 0.212. The zero-order valence-electron chi connectivity index (χ0n) is 40.8. The van der Waals surface area contributed by atoms with Crippen LogP contribution >= 0.6 is 0 Å². The van der Waals surface area contributed by atoms with Gasteiger partial charge in [-0.25, -0.2) is 0 Å². The number of ether oxygens (including phenoxy) is 4. The maximum atomic E-state index is 12.8. The maximum Gasteiger partial charge on any atom is 0.306 e. The fourth-order valence-electron chi connectivity index (χ4n) is 8.41. The molecule has 4 N–H and O–H groups in total. The number of esters is 2. The predicted octanol–water partition coefficient (Wildman–Crippen LogP) is 12.7. The second-order valence-electron chi connectivity index (χ2n) is 18.7. The molecule has 0 saturated carbocycles. The third-order valence-corrected chi connectivity index (χ3v) is 12.7. The van der Waals surface area contributed by atoms with Crippen molar-refractivity contribution in [2.45, 2.75) is 295 Å². The van der Waals surface area contributed by atoms with Gasteiger partial charge in [-0.05, 0) is 32.1 Å². The van der Waals surface area contributed by atoms with Gasteiger partial charge in [0, 0.05) is 12.8 Å². The van der Waals surface area contributed by atoms with Crippen LogP contribution in [0.3, 0.4) is 0 Å². The second kappa shape index (κ2) is 44.3. The number of rotatable bonds is 46. The van der Waals surface area contributed by atoms with E-state index in [1.54, 1.807) is 0 Å². The van der Waals surface area contributed by atoms with Crippen LogP contribution in [0, 0.1) is 0 Å². The largest absolute Gasteiger partial charge is 0.462 e. The Morgan fingerprint density at radius 1 is 0.476 bits per heavy atom. The van der Waals surface area contributed by atoms with Gasteiger partial charge in [-0.2, -0.15) is 0 Å². The molecule has 1 fully saturated rings. The lowest BCUT2D eigenvalue weighted by atomic mass is 9.99. The summed E-state index contributed by atoms with van der Waals surface area (Å²) in [7, 11) is 0. The molecule has 1 rings (SSSR count). The standard InChI is InChI=1S/C53H100O10/c1-3-5-7-9-11-13-15-17-19-20-21-22-23-24-25-26-28-30-32-34-36-38-40-42-49(56)62-46(45-61-53-52(59)51(58)50(57)47(43-54)63-53)44-60-48(55)41-39-37-35-33-31-29-27-18-16-14-12-10-8-6-4-2/h10,12,46-47,50-54,57-59H,3-9,11,13-45H2,1-2H3/b12-10+/t46-,47-,50+,51?,52?,53-/m1/s1. The van der Waals surface area contributed by atoms with E-state index in [-0.39, 0.29) is 32.0 Å². The Kier molecular flexibility index (Phi) is 41.8. The van der Waals surface area contributed by atoms with Crippen LogP contribution < -0.4 is 0 Å². The van der Waals surface area contributed by atoms with E-state index in [1.165, 1.54) is 186 Å². The molecule has 0 bridgehead atoms. The number of hydrogen-bond acceptors (Lipinski definition) is 10. The number of allylic oxidation sites excluding steroid dienone is 2. The number of aliphatic hydroxyl groups excluding tert-OH is 4. The molecule has 0 aromatic heterocycles. The summed E-state index contributed by atoms with van der Waals surface area (Å²) in [4.78, 5) is 25.5. The van der Waals surface area contributed by atoms with Gasteiger partial charge in [-0.1, -0.05) is 225 Å². The highest BCUT2D eigenvalue weighted by molar-refractivity contribution is 5.70. The first-order valence-corrected chi connectivity index (χ1v) is 26.8. The molecule has 1 aliphatic heterocycles. The summed E-state index contributed by atoms with van der Waals surface area (Å²) in [6.45, 7) is 3.44. The molecule has 10 nitrogen and oxygen atoms in total. The van der Waals surface area contributed by atoms with Crippen LogP contribution in [-0.4, -0.2) is 89.0 Å². The third kappa shape index (κ3) is 35.3. The molecule has 0 aliphatic carbocycles. The summed E-state index contributed by atoms with van der Waals surface area (Å²) in [5.41, 5.74) is 0. The molecule has 372 valence electrons. The Morgan fingerprint density at radius 3 is 1.29 bits per heavy atom. The molecule has 0 amide bonds. The summed E-state index contributed by atoms with van der Waals surface area (Å²) in [5, 5.41) is 40.2. The van der Waals surface area contributed by atoms with Gasteiger partial charge in [0.15, 0.2) is 12.4 Å². The van der Waals surface area contributed by atoms with Crippen molar-refractivity contribution >= 4 is 11.9 Å². The highest BCUT2D eigenvalue weighted by Gasteiger charge is 2.44. The van der Waals surface area contributed by atoms with Crippen LogP contribution in [0.5, 0.6) is 0 Å². The van der Waals surface area contributed by atoms with E-state index in [9.17, 15) is 30.0 Å². The molecular weight excluding hydrogens is 797 g/mol. The van der Waals surface area contributed by atoms with E-state index in [0.29, 0.717) is 6.42 Å². The number of hydrogen-bond donors (Lipinski definition) is 4. The van der Waals surface area contributed by atoms with Gasteiger partial charge >= 0.3 is 11.9 Å². The molecule has 2 unspecified atom stereocenters. The number of unbranched alkanes of at least 4 members (excludes halogenated alkanes) is 33. The first-order valence-electron chi connectivity index (χ1n) is 26.8. The first kappa shape index (κ1) is 59.5. The van der Waals surface area contributed by atoms with Crippen molar-refractivity contribution in [1.82, 2.24) is 0 Å². The smallest absolute Gasteiger partial charge is 0.306 e. The topological polar surface area (TPSA) is 152 Å². The number of aliphatic hydroxyl groups is 4. The van der Waals surface area contributed by atoms with Crippen LogP contribution in [0.15, 0.2) is 12.2 Å². The molecule has 6 atom stereocenters. The molecule has 1 heterocycles. The van der Waals surface area contributed by atoms with Gasteiger partial charge in [-0.15, -0.1) is 0 Å². The fraction of sp³-hybridized carbons (Fsp3) is 0.925. The second-order valence-corrected chi connectivity index (χ2v) is 18.7. The van der Waals surface area contributed by atoms with Crippen molar-refractivity contribution in [3.63, 3.8) is 0 Å². The average Bonchev–Trinajstić information content (AvgIpc) is 3.28. The molecule has 0 aromatic carbocycles. The van der Waals surface area contributed by atoms with E-state index < -0.39 is 49.4 Å². The van der Waals surface area contributed by atoms with E-state index in [2.05, 4.69) is 26.0 Å². The zero-order valence-corrected chi connectivity index (χ0v) is 40.8. The van der Waals surface area contributed by atoms with Gasteiger partial charge in [-0.3, -0.25) is 9.59 Å². The van der Waals surface area contributed by atoms with Crippen LogP contribution in [-0.2, 0) is 28.5 Å². The molecule has 0 aromatic rings. The fourth-order valence-corrected chi connectivity index (χ4v) is 8.41. The number of carbonyl (C=O) groups is 2. The molecular formula is C53H100O10. The van der Waals surface area contributed by atoms with Crippen LogP contribution in [0.2, 0.25) is 0 Å². The monoisotopic (exact) mass is 897 g/mol. The Labute approximate surface area is 386 Å². The van der Waals surface area contributed by atoms with E-state index in [0.717, 1.165) is 38.5 Å². The van der Waals surface area contributed by atoms with Crippen LogP contribution in [0.4, 0.5) is 0 Å². The normalized spacial score (nSPS) is 19.5. The molecule has 1 saturated heterocycles. The summed E-state index contributed by atoms with van der Waals surface area (Å²) < 4.78 is 22.3. The lowest BCUT2D eigenvalue weighted by molar-refractivity contribution is -0.305. The molecule has 0 spiro atoms. The third-order valence-electron chi connectivity index (χ3n) is 12.7. The molecule has 63 heavy (non-hydrogen) atoms. The first-order chi connectivity index (χ1) is 30.8. The predicted molar refractivity (Wildman–Crippen MR) is 256 cm³/mol. The van der Waals surface area contributed by atoms with Crippen molar-refractivity contribution < 1.29 is 49.0 Å². The minimum atomic E-state index is -1.59. The van der Waals surface area contributed by atoms with Crippen molar-refractivity contribution in [3.8, 4) is 0 Å². The lowest BCUT2D eigenvalue weighted by Crippen LogP contribution is -2.59. The summed E-state index contributed by atoms with van der Waals surface area (Å²) >= 11 is 0. The molecule has 1 aliphatic rings. The lowest BCUT2D eigenvalue weighted by Gasteiger charge is -2.39. The van der Waals surface area contributed by atoms with Gasteiger partial charge in [0.2, 0.25) is 0 Å². The van der Waals surface area contributed by atoms with Crippen molar-refractivity contribution in [2.24, 2.45) is 0 Å². The quantitative estimate of drug-likeness (QED) is 0.0264. The van der Waals surface area contributed by atoms with E-state index in [1.807, 2.05) is 0 Å².